The van der Waals surface area contributed by atoms with Crippen LogP contribution in [0.3, 0.4) is 0 Å². The van der Waals surface area contributed by atoms with Gasteiger partial charge in [0.1, 0.15) is 0 Å². The van der Waals surface area contributed by atoms with Crippen molar-refractivity contribution in [2.75, 3.05) is 4.90 Å². The second-order valence-electron chi connectivity index (χ2n) is 6.84. The molecule has 3 aromatic carbocycles. The highest BCUT2D eigenvalue weighted by molar-refractivity contribution is 9.10. The lowest BCUT2D eigenvalue weighted by molar-refractivity contribution is -0.117. The Morgan fingerprint density at radius 2 is 1.50 bits per heavy atom. The molecule has 1 N–H and O–H groups in total. The summed E-state index contributed by atoms with van der Waals surface area (Å²) in [5.74, 6) is -1.52. The molecule has 148 valence electrons. The van der Waals surface area contributed by atoms with Crippen LogP contribution in [-0.4, -0.2) is 16.8 Å². The van der Waals surface area contributed by atoms with Crippen molar-refractivity contribution < 1.29 is 14.7 Å². The van der Waals surface area contributed by atoms with E-state index in [9.17, 15) is 14.7 Å². The molecule has 1 atom stereocenters. The Bertz CT molecular complexity index is 1140. The van der Waals surface area contributed by atoms with Gasteiger partial charge >= 0.3 is 0 Å². The fraction of sp³-hybridized carbons (Fsp3) is 0.0400. The van der Waals surface area contributed by atoms with Crippen LogP contribution in [0.5, 0.6) is 0 Å². The first-order valence-electron chi connectivity index (χ1n) is 9.41. The Kier molecular flexibility index (Phi) is 5.63. The number of carbonyl (C=O) groups is 2. The summed E-state index contributed by atoms with van der Waals surface area (Å²) in [5, 5.41) is 10.7. The van der Waals surface area contributed by atoms with Gasteiger partial charge in [-0.2, -0.15) is 0 Å². The van der Waals surface area contributed by atoms with Gasteiger partial charge in [-0.15, -0.1) is 0 Å². The number of benzene rings is 3. The summed E-state index contributed by atoms with van der Waals surface area (Å²) in [6.07, 6.45) is 3.07. The van der Waals surface area contributed by atoms with Crippen LogP contribution in [-0.2, 0) is 9.59 Å². The maximum absolute atomic E-state index is 13.1. The summed E-state index contributed by atoms with van der Waals surface area (Å²) in [6, 6.07) is 25.1. The highest BCUT2D eigenvalue weighted by Gasteiger charge is 2.43. The maximum Gasteiger partial charge on any atom is 0.294 e. The van der Waals surface area contributed by atoms with E-state index in [1.165, 1.54) is 11.0 Å². The van der Waals surface area contributed by atoms with E-state index in [1.807, 2.05) is 72.8 Å². The Morgan fingerprint density at radius 1 is 0.900 bits per heavy atom. The van der Waals surface area contributed by atoms with Crippen molar-refractivity contribution in [3.8, 4) is 0 Å². The van der Waals surface area contributed by atoms with Gasteiger partial charge in [0.2, 0.25) is 0 Å². The van der Waals surface area contributed by atoms with Crippen LogP contribution in [0.4, 0.5) is 5.69 Å². The number of hydrogen-bond donors (Lipinski definition) is 1. The molecule has 0 saturated heterocycles. The van der Waals surface area contributed by atoms with Crippen LogP contribution < -0.4 is 4.90 Å². The van der Waals surface area contributed by atoms with E-state index in [0.29, 0.717) is 5.69 Å². The molecular formula is C25H18BrNO3. The monoisotopic (exact) mass is 459 g/mol. The van der Waals surface area contributed by atoms with E-state index in [2.05, 4.69) is 15.9 Å². The second kappa shape index (κ2) is 8.51. The molecule has 0 unspecified atom stereocenters. The first-order chi connectivity index (χ1) is 14.6. The second-order valence-corrected chi connectivity index (χ2v) is 7.75. The van der Waals surface area contributed by atoms with Gasteiger partial charge in [-0.3, -0.25) is 14.5 Å². The number of rotatable bonds is 5. The average Bonchev–Trinajstić information content (AvgIpc) is 3.04. The van der Waals surface area contributed by atoms with Gasteiger partial charge < -0.3 is 5.11 Å². The summed E-state index contributed by atoms with van der Waals surface area (Å²) in [5.41, 5.74) is 2.27. The van der Waals surface area contributed by atoms with Crippen molar-refractivity contribution >= 4 is 39.4 Å². The van der Waals surface area contributed by atoms with Crippen LogP contribution in [0.2, 0.25) is 0 Å². The molecule has 0 bridgehead atoms. The minimum Gasteiger partial charge on any atom is -0.503 e. The van der Waals surface area contributed by atoms with E-state index in [4.69, 9.17) is 0 Å². The maximum atomic E-state index is 13.1. The number of nitrogens with zero attached hydrogens (tertiary/aromatic N) is 1. The van der Waals surface area contributed by atoms with Crippen LogP contribution in [0, 0.1) is 0 Å². The average molecular weight is 460 g/mol. The van der Waals surface area contributed by atoms with E-state index < -0.39 is 23.5 Å². The van der Waals surface area contributed by atoms with Crippen molar-refractivity contribution in [1.29, 1.82) is 0 Å². The zero-order chi connectivity index (χ0) is 21.1. The molecule has 0 saturated carbocycles. The molecule has 1 heterocycles. The summed E-state index contributed by atoms with van der Waals surface area (Å²) >= 11 is 3.41. The van der Waals surface area contributed by atoms with E-state index in [1.54, 1.807) is 18.2 Å². The summed E-state index contributed by atoms with van der Waals surface area (Å²) in [4.78, 5) is 27.5. The van der Waals surface area contributed by atoms with Crippen molar-refractivity contribution in [3.63, 3.8) is 0 Å². The molecular weight excluding hydrogens is 442 g/mol. The molecule has 0 spiro atoms. The van der Waals surface area contributed by atoms with Crippen molar-refractivity contribution in [1.82, 2.24) is 0 Å². The number of aliphatic hydroxyl groups is 1. The minimum absolute atomic E-state index is 0.0679. The van der Waals surface area contributed by atoms with Crippen LogP contribution in [0.15, 0.2) is 107 Å². The van der Waals surface area contributed by atoms with Gasteiger partial charge in [0.15, 0.2) is 11.5 Å². The largest absolute Gasteiger partial charge is 0.503 e. The molecule has 0 aromatic heterocycles. The lowest BCUT2D eigenvalue weighted by atomic mass is 9.95. The van der Waals surface area contributed by atoms with Gasteiger partial charge in [0, 0.05) is 10.2 Å². The summed E-state index contributed by atoms with van der Waals surface area (Å²) in [6.45, 7) is 0. The fourth-order valence-electron chi connectivity index (χ4n) is 3.50. The number of aliphatic hydroxyl groups excluding tert-OH is 1. The molecule has 1 aliphatic rings. The van der Waals surface area contributed by atoms with Gasteiger partial charge in [-0.25, -0.2) is 0 Å². The molecule has 0 radical (unpaired) electrons. The molecule has 5 heteroatoms. The number of ketones is 1. The van der Waals surface area contributed by atoms with Gasteiger partial charge in [0.25, 0.3) is 5.91 Å². The SMILES string of the molecule is O=C(/C=C/c1ccccc1)C1=C(O)C(=O)N(c2ccccc2)[C@H]1c1ccc(Br)cc1. The van der Waals surface area contributed by atoms with Gasteiger partial charge in [-0.1, -0.05) is 82.7 Å². The van der Waals surface area contributed by atoms with Crippen molar-refractivity contribution in [2.24, 2.45) is 0 Å². The fourth-order valence-corrected chi connectivity index (χ4v) is 3.76. The van der Waals surface area contributed by atoms with E-state index in [0.717, 1.165) is 15.6 Å². The quantitative estimate of drug-likeness (QED) is 0.502. The third-order valence-electron chi connectivity index (χ3n) is 4.92. The number of halogens is 1. The molecule has 0 fully saturated rings. The van der Waals surface area contributed by atoms with E-state index in [-0.39, 0.29) is 5.57 Å². The Morgan fingerprint density at radius 3 is 2.13 bits per heavy atom. The molecule has 4 rings (SSSR count). The van der Waals surface area contributed by atoms with E-state index >= 15 is 0 Å². The molecule has 1 aliphatic heterocycles. The third kappa shape index (κ3) is 3.84. The first-order valence-corrected chi connectivity index (χ1v) is 10.2. The zero-order valence-corrected chi connectivity index (χ0v) is 17.5. The summed E-state index contributed by atoms with van der Waals surface area (Å²) < 4.78 is 0.881. The number of anilines is 1. The number of hydrogen-bond acceptors (Lipinski definition) is 3. The molecule has 1 amide bonds. The van der Waals surface area contributed by atoms with Crippen LogP contribution in [0.25, 0.3) is 6.08 Å². The van der Waals surface area contributed by atoms with Crippen LogP contribution >= 0.6 is 15.9 Å². The third-order valence-corrected chi connectivity index (χ3v) is 5.45. The lowest BCUT2D eigenvalue weighted by Crippen LogP contribution is -2.30. The lowest BCUT2D eigenvalue weighted by Gasteiger charge is -2.26. The first kappa shape index (κ1) is 19.9. The van der Waals surface area contributed by atoms with Crippen molar-refractivity contribution in [2.45, 2.75) is 6.04 Å². The molecule has 3 aromatic rings. The van der Waals surface area contributed by atoms with Gasteiger partial charge in [0.05, 0.1) is 11.6 Å². The standard InChI is InChI=1S/C25H18BrNO3/c26-19-14-12-18(13-15-19)23-22(21(28)16-11-17-7-3-1-4-8-17)24(29)25(30)27(23)20-9-5-2-6-10-20/h1-16,23,29H/b16-11+/t23-/m0/s1. The highest BCUT2D eigenvalue weighted by Crippen LogP contribution is 2.41. The number of allylic oxidation sites excluding steroid dienone is 1. The Labute approximate surface area is 182 Å². The smallest absolute Gasteiger partial charge is 0.294 e. The topological polar surface area (TPSA) is 57.6 Å². The van der Waals surface area contributed by atoms with Gasteiger partial charge in [-0.05, 0) is 41.5 Å². The number of carbonyl (C=O) groups excluding carboxylic acids is 2. The summed E-state index contributed by atoms with van der Waals surface area (Å²) in [7, 11) is 0. The number of para-hydroxylation sites is 1. The number of amides is 1. The predicted molar refractivity (Wildman–Crippen MR) is 121 cm³/mol. The highest BCUT2D eigenvalue weighted by atomic mass is 79.9. The minimum atomic E-state index is -0.721. The molecule has 30 heavy (non-hydrogen) atoms. The zero-order valence-electron chi connectivity index (χ0n) is 15.9. The molecule has 0 aliphatic carbocycles. The molecule has 4 nitrogen and oxygen atoms in total. The predicted octanol–water partition coefficient (Wildman–Crippen LogP) is 5.63. The Balaban J connectivity index is 1.78. The normalized spacial score (nSPS) is 16.5. The van der Waals surface area contributed by atoms with Crippen molar-refractivity contribution in [3.05, 3.63) is 118 Å². The Hall–Kier alpha value is -3.44. The van der Waals surface area contributed by atoms with Crippen LogP contribution in [0.1, 0.15) is 17.2 Å².